The van der Waals surface area contributed by atoms with Crippen LogP contribution in [0.15, 0.2) is 82.6 Å². The zero-order valence-corrected chi connectivity index (χ0v) is 22.2. The van der Waals surface area contributed by atoms with Gasteiger partial charge >= 0.3 is 29.6 Å². The summed E-state index contributed by atoms with van der Waals surface area (Å²) < 4.78 is 31.1. The Labute approximate surface area is 225 Å². The molecule has 34 heavy (non-hydrogen) atoms. The number of ether oxygens (including phenoxy) is 1. The fourth-order valence-corrected chi connectivity index (χ4v) is 4.79. The number of carboxylic acids is 1. The Morgan fingerprint density at radius 1 is 1.06 bits per heavy atom. The van der Waals surface area contributed by atoms with Crippen molar-refractivity contribution < 1.29 is 57.7 Å². The molecule has 0 fully saturated rings. The van der Waals surface area contributed by atoms with E-state index in [4.69, 9.17) is 16.3 Å². The monoisotopic (exact) mass is 511 g/mol. The van der Waals surface area contributed by atoms with Crippen LogP contribution < -0.4 is 44.7 Å². The molecule has 0 saturated carbocycles. The summed E-state index contributed by atoms with van der Waals surface area (Å²) in [5, 5.41) is 24.6. The molecule has 0 amide bonds. The van der Waals surface area contributed by atoms with Crippen molar-refractivity contribution in [2.75, 3.05) is 19.7 Å². The number of halogens is 1. The van der Waals surface area contributed by atoms with E-state index in [2.05, 4.69) is 5.32 Å². The number of nitrogens with one attached hydrogen (secondary N) is 1. The van der Waals surface area contributed by atoms with Crippen molar-refractivity contribution in [2.24, 2.45) is 0 Å². The van der Waals surface area contributed by atoms with Gasteiger partial charge in [0.05, 0.1) is 17.0 Å². The van der Waals surface area contributed by atoms with Gasteiger partial charge in [-0.1, -0.05) is 48.0 Å². The standard InChI is InChI=1S/C24H24ClNO6S.Na/c25-19-5-3-4-18(14-19)21(27)15-26-13-12-17-8-10-20(11-9-17)33(30,31)23-7-2-1-6-22(23)32-16-24(28)29;/h1-11,14,21,26-27H,12-13,15-16H2,(H,28,29);/q;+1/p-1/t21-;/m0./s1. The number of hydrogen-bond donors (Lipinski definition) is 2. The molecule has 10 heteroatoms. The minimum atomic E-state index is -3.90. The van der Waals surface area contributed by atoms with Gasteiger partial charge in [-0.05, 0) is 60.5 Å². The summed E-state index contributed by atoms with van der Waals surface area (Å²) in [6.07, 6.45) is -0.0520. The number of benzene rings is 3. The van der Waals surface area contributed by atoms with Crippen molar-refractivity contribution in [2.45, 2.75) is 22.3 Å². The van der Waals surface area contributed by atoms with Gasteiger partial charge in [0.1, 0.15) is 17.3 Å². The number of carbonyl (C=O) groups excluding carboxylic acids is 1. The minimum Gasteiger partial charge on any atom is -0.546 e. The molecule has 3 aromatic rings. The number of sulfone groups is 1. The van der Waals surface area contributed by atoms with Crippen LogP contribution in [0.4, 0.5) is 0 Å². The van der Waals surface area contributed by atoms with Gasteiger partial charge < -0.3 is 25.1 Å². The van der Waals surface area contributed by atoms with Crippen LogP contribution in [0.3, 0.4) is 0 Å². The third-order valence-electron chi connectivity index (χ3n) is 4.88. The maximum absolute atomic E-state index is 13.0. The number of carbonyl (C=O) groups is 1. The summed E-state index contributed by atoms with van der Waals surface area (Å²) >= 11 is 5.94. The van der Waals surface area contributed by atoms with E-state index in [0.717, 1.165) is 11.1 Å². The second-order valence-corrected chi connectivity index (χ2v) is 9.63. The minimum absolute atomic E-state index is 0. The van der Waals surface area contributed by atoms with E-state index in [0.29, 0.717) is 24.5 Å². The molecular formula is C24H23ClNNaO6S. The summed E-state index contributed by atoms with van der Waals surface area (Å²) in [7, 11) is -3.90. The molecule has 3 aromatic carbocycles. The van der Waals surface area contributed by atoms with Crippen LogP contribution in [0.2, 0.25) is 5.02 Å². The van der Waals surface area contributed by atoms with Crippen LogP contribution in [0, 0.1) is 0 Å². The van der Waals surface area contributed by atoms with E-state index >= 15 is 0 Å². The molecule has 3 rings (SSSR count). The molecule has 0 unspecified atom stereocenters. The molecule has 0 saturated heterocycles. The Balaban J connectivity index is 0.00000408. The van der Waals surface area contributed by atoms with E-state index in [9.17, 15) is 23.4 Å². The van der Waals surface area contributed by atoms with Crippen molar-refractivity contribution in [3.05, 3.63) is 88.9 Å². The first kappa shape index (κ1) is 28.3. The number of aliphatic carboxylic acids is 1. The van der Waals surface area contributed by atoms with Crippen LogP contribution in [-0.4, -0.2) is 39.2 Å². The number of rotatable bonds is 11. The van der Waals surface area contributed by atoms with Gasteiger partial charge in [-0.2, -0.15) is 0 Å². The number of carboxylic acid groups (broad SMARTS) is 1. The smallest absolute Gasteiger partial charge is 0.546 e. The van der Waals surface area contributed by atoms with E-state index in [1.54, 1.807) is 42.5 Å². The zero-order valence-electron chi connectivity index (χ0n) is 18.6. The van der Waals surface area contributed by atoms with Crippen molar-refractivity contribution in [3.63, 3.8) is 0 Å². The molecular weight excluding hydrogens is 489 g/mol. The normalized spacial score (nSPS) is 11.9. The van der Waals surface area contributed by atoms with Crippen LogP contribution in [0.25, 0.3) is 0 Å². The number of aliphatic hydroxyl groups is 1. The van der Waals surface area contributed by atoms with Gasteiger partial charge in [-0.15, -0.1) is 0 Å². The van der Waals surface area contributed by atoms with Crippen LogP contribution in [-0.2, 0) is 21.1 Å². The Hall–Kier alpha value is -1.91. The van der Waals surface area contributed by atoms with Gasteiger partial charge in [0, 0.05) is 11.6 Å². The Kier molecular flexibility index (Phi) is 11.0. The molecule has 0 heterocycles. The summed E-state index contributed by atoms with van der Waals surface area (Å²) in [4.78, 5) is 10.6. The zero-order chi connectivity index (χ0) is 23.8. The maximum Gasteiger partial charge on any atom is 1.00 e. The predicted octanol–water partition coefficient (Wildman–Crippen LogP) is -0.829. The van der Waals surface area contributed by atoms with Gasteiger partial charge in [0.15, 0.2) is 0 Å². The average molecular weight is 512 g/mol. The second kappa shape index (κ2) is 13.3. The third-order valence-corrected chi connectivity index (χ3v) is 6.92. The van der Waals surface area contributed by atoms with Crippen LogP contribution >= 0.6 is 11.6 Å². The molecule has 0 aliphatic carbocycles. The molecule has 1 atom stereocenters. The SMILES string of the molecule is O=C([O-])COc1ccccc1S(=O)(=O)c1ccc(CCNC[C@H](O)c2cccc(Cl)c2)cc1.[Na+]. The fourth-order valence-electron chi connectivity index (χ4n) is 3.19. The average Bonchev–Trinajstić information content (AvgIpc) is 2.81. The van der Waals surface area contributed by atoms with Gasteiger partial charge in [-0.25, -0.2) is 8.42 Å². The fraction of sp³-hybridized carbons (Fsp3) is 0.208. The molecule has 0 bridgehead atoms. The quantitative estimate of drug-likeness (QED) is 0.255. The number of hydrogen-bond acceptors (Lipinski definition) is 7. The van der Waals surface area contributed by atoms with Crippen LogP contribution in [0.5, 0.6) is 5.75 Å². The van der Waals surface area contributed by atoms with Crippen molar-refractivity contribution >= 4 is 27.4 Å². The van der Waals surface area contributed by atoms with Crippen molar-refractivity contribution in [1.29, 1.82) is 0 Å². The van der Waals surface area contributed by atoms with Crippen LogP contribution in [0.1, 0.15) is 17.2 Å². The molecule has 0 spiro atoms. The van der Waals surface area contributed by atoms with Gasteiger partial charge in [-0.3, -0.25) is 0 Å². The number of aliphatic hydroxyl groups excluding tert-OH is 1. The van der Waals surface area contributed by atoms with E-state index in [1.165, 1.54) is 30.3 Å². The summed E-state index contributed by atoms with van der Waals surface area (Å²) in [5.41, 5.74) is 1.65. The Morgan fingerprint density at radius 2 is 1.76 bits per heavy atom. The first-order valence-corrected chi connectivity index (χ1v) is 12.0. The first-order chi connectivity index (χ1) is 15.8. The van der Waals surface area contributed by atoms with E-state index in [1.807, 2.05) is 0 Å². The Morgan fingerprint density at radius 3 is 2.44 bits per heavy atom. The molecule has 174 valence electrons. The molecule has 7 nitrogen and oxygen atoms in total. The Bertz CT molecular complexity index is 1200. The first-order valence-electron chi connectivity index (χ1n) is 10.2. The van der Waals surface area contributed by atoms with Gasteiger partial charge in [0.25, 0.3) is 0 Å². The molecule has 0 radical (unpaired) electrons. The topological polar surface area (TPSA) is 116 Å². The van der Waals surface area contributed by atoms with Crippen molar-refractivity contribution in [1.82, 2.24) is 5.32 Å². The molecule has 2 N–H and O–H groups in total. The summed E-state index contributed by atoms with van der Waals surface area (Å²) in [6, 6.07) is 19.3. The summed E-state index contributed by atoms with van der Waals surface area (Å²) in [6.45, 7) is 0.198. The molecule has 0 aliphatic heterocycles. The van der Waals surface area contributed by atoms with E-state index < -0.39 is 28.5 Å². The molecule has 0 aromatic heterocycles. The largest absolute Gasteiger partial charge is 1.00 e. The van der Waals surface area contributed by atoms with E-state index in [-0.39, 0.29) is 45.1 Å². The summed E-state index contributed by atoms with van der Waals surface area (Å²) in [5.74, 6) is -1.49. The predicted molar refractivity (Wildman–Crippen MR) is 122 cm³/mol. The van der Waals surface area contributed by atoms with Crippen molar-refractivity contribution in [3.8, 4) is 5.75 Å². The third kappa shape index (κ3) is 7.81. The maximum atomic E-state index is 13.0. The van der Waals surface area contributed by atoms with Gasteiger partial charge in [0.2, 0.25) is 9.84 Å². The second-order valence-electron chi connectivity index (χ2n) is 7.28. The number of para-hydroxylation sites is 1. The molecule has 0 aliphatic rings.